The molecule has 0 N–H and O–H groups in total. The summed E-state index contributed by atoms with van der Waals surface area (Å²) in [6.45, 7) is 2.28. The number of alkyl halides is 2. The second-order valence-corrected chi connectivity index (χ2v) is 6.66. The summed E-state index contributed by atoms with van der Waals surface area (Å²) in [6, 6.07) is 0. The molecule has 0 bridgehead atoms. The monoisotopic (exact) mass is 354 g/mol. The molecule has 0 aliphatic heterocycles. The molecule has 0 amide bonds. The zero-order valence-electron chi connectivity index (χ0n) is 10.8. The van der Waals surface area contributed by atoms with E-state index in [1.807, 2.05) is 0 Å². The predicted octanol–water partition coefficient (Wildman–Crippen LogP) is 6.46. The molecule has 0 radical (unpaired) electrons. The molecule has 0 nitrogen and oxygen atoms in total. The van der Waals surface area contributed by atoms with Gasteiger partial charge in [0.15, 0.2) is 0 Å². The van der Waals surface area contributed by atoms with E-state index in [9.17, 15) is 0 Å². The summed E-state index contributed by atoms with van der Waals surface area (Å²) in [5.41, 5.74) is 0. The fourth-order valence-corrected chi connectivity index (χ4v) is 2.58. The summed E-state index contributed by atoms with van der Waals surface area (Å²) in [5, 5.41) is 1.09. The van der Waals surface area contributed by atoms with Gasteiger partial charge >= 0.3 is 0 Å². The maximum absolute atomic E-state index is 3.65. The van der Waals surface area contributed by atoms with Crippen LogP contribution in [0.2, 0.25) is 0 Å². The molecule has 0 spiro atoms. The Morgan fingerprint density at radius 1 is 0.750 bits per heavy atom. The lowest BCUT2D eigenvalue weighted by atomic mass is 10.1. The molecule has 0 heterocycles. The predicted molar refractivity (Wildman–Crippen MR) is 83.0 cm³/mol. The van der Waals surface area contributed by atoms with Crippen LogP contribution in [0.3, 0.4) is 0 Å². The second kappa shape index (κ2) is 14.0. The van der Waals surface area contributed by atoms with E-state index in [-0.39, 0.29) is 0 Å². The van der Waals surface area contributed by atoms with Crippen LogP contribution in [0.1, 0.15) is 77.6 Å². The van der Waals surface area contributed by atoms with E-state index in [0.29, 0.717) is 4.83 Å². The molecular weight excluding hydrogens is 328 g/mol. The van der Waals surface area contributed by atoms with Crippen LogP contribution in [0.4, 0.5) is 0 Å². The van der Waals surface area contributed by atoms with Crippen LogP contribution in [-0.2, 0) is 0 Å². The number of rotatable bonds is 12. The van der Waals surface area contributed by atoms with Crippen molar-refractivity contribution in [3.8, 4) is 0 Å². The molecule has 0 aromatic heterocycles. The van der Waals surface area contributed by atoms with E-state index in [4.69, 9.17) is 0 Å². The van der Waals surface area contributed by atoms with Crippen LogP contribution in [0, 0.1) is 0 Å². The van der Waals surface area contributed by atoms with Crippen LogP contribution in [-0.4, -0.2) is 10.2 Å². The number of hydrogen-bond donors (Lipinski definition) is 0. The Hall–Kier alpha value is 0.960. The van der Waals surface area contributed by atoms with Crippen molar-refractivity contribution in [2.24, 2.45) is 0 Å². The number of hydrogen-bond acceptors (Lipinski definition) is 0. The van der Waals surface area contributed by atoms with Gasteiger partial charge in [-0.1, -0.05) is 103 Å². The van der Waals surface area contributed by atoms with Crippen LogP contribution in [0.5, 0.6) is 0 Å². The largest absolute Gasteiger partial charge is 0.0916 e. The van der Waals surface area contributed by atoms with Gasteiger partial charge in [-0.3, -0.25) is 0 Å². The smallest absolute Gasteiger partial charge is 0.0242 e. The molecule has 0 saturated heterocycles. The normalized spacial score (nSPS) is 12.9. The number of unbranched alkanes of at least 4 members (excludes halogenated alkanes) is 9. The molecule has 0 aliphatic rings. The fraction of sp³-hybridized carbons (Fsp3) is 1.00. The SMILES string of the molecule is CCCCCCCCCCCC[C@@H](Br)CBr. The van der Waals surface area contributed by atoms with E-state index < -0.39 is 0 Å². The zero-order chi connectivity index (χ0) is 12.1. The average Bonchev–Trinajstić information content (AvgIpc) is 2.31. The summed E-state index contributed by atoms with van der Waals surface area (Å²) < 4.78 is 0. The summed E-state index contributed by atoms with van der Waals surface area (Å²) in [7, 11) is 0. The third kappa shape index (κ3) is 13.0. The molecular formula is C14H28Br2. The lowest BCUT2D eigenvalue weighted by molar-refractivity contribution is 0.550. The number of halogens is 2. The van der Waals surface area contributed by atoms with Gasteiger partial charge in [-0.25, -0.2) is 0 Å². The van der Waals surface area contributed by atoms with Crippen molar-refractivity contribution in [1.29, 1.82) is 0 Å². The summed E-state index contributed by atoms with van der Waals surface area (Å²) in [4.78, 5) is 0.682. The highest BCUT2D eigenvalue weighted by Crippen LogP contribution is 2.15. The lowest BCUT2D eigenvalue weighted by Crippen LogP contribution is -1.97. The minimum absolute atomic E-state index is 0.682. The molecule has 0 aromatic carbocycles. The summed E-state index contributed by atoms with van der Waals surface area (Å²) in [6.07, 6.45) is 15.6. The average molecular weight is 356 g/mol. The van der Waals surface area contributed by atoms with E-state index in [0.717, 1.165) is 5.33 Å². The third-order valence-electron chi connectivity index (χ3n) is 3.04. The Morgan fingerprint density at radius 3 is 1.62 bits per heavy atom. The molecule has 0 aromatic rings. The molecule has 1 atom stereocenters. The van der Waals surface area contributed by atoms with Gasteiger partial charge in [0.05, 0.1) is 0 Å². The molecule has 0 rings (SSSR count). The Kier molecular flexibility index (Phi) is 14.9. The third-order valence-corrected chi connectivity index (χ3v) is 5.47. The highest BCUT2D eigenvalue weighted by atomic mass is 79.9. The van der Waals surface area contributed by atoms with Gasteiger partial charge in [0.25, 0.3) is 0 Å². The van der Waals surface area contributed by atoms with Crippen molar-refractivity contribution in [1.82, 2.24) is 0 Å². The Labute approximate surface area is 119 Å². The Balaban J connectivity index is 2.93. The molecule has 98 valence electrons. The highest BCUT2D eigenvalue weighted by molar-refractivity contribution is 9.12. The van der Waals surface area contributed by atoms with E-state index in [2.05, 4.69) is 38.8 Å². The van der Waals surface area contributed by atoms with Crippen LogP contribution in [0.15, 0.2) is 0 Å². The Bertz CT molecular complexity index is 126. The minimum Gasteiger partial charge on any atom is -0.0916 e. The van der Waals surface area contributed by atoms with Crippen molar-refractivity contribution in [2.45, 2.75) is 82.4 Å². The van der Waals surface area contributed by atoms with Crippen LogP contribution >= 0.6 is 31.9 Å². The van der Waals surface area contributed by atoms with E-state index in [1.54, 1.807) is 0 Å². The molecule has 0 fully saturated rings. The second-order valence-electron chi connectivity index (χ2n) is 4.72. The van der Waals surface area contributed by atoms with Gasteiger partial charge in [0.2, 0.25) is 0 Å². The molecule has 0 aliphatic carbocycles. The van der Waals surface area contributed by atoms with Crippen molar-refractivity contribution in [2.75, 3.05) is 5.33 Å². The molecule has 0 unspecified atom stereocenters. The first kappa shape index (κ1) is 17.0. The first-order valence-corrected chi connectivity index (χ1v) is 9.05. The van der Waals surface area contributed by atoms with Gasteiger partial charge in [0, 0.05) is 10.2 Å². The van der Waals surface area contributed by atoms with Gasteiger partial charge in [-0.15, -0.1) is 0 Å². The first-order chi connectivity index (χ1) is 7.81. The lowest BCUT2D eigenvalue weighted by Gasteiger charge is -2.05. The van der Waals surface area contributed by atoms with Crippen molar-refractivity contribution < 1.29 is 0 Å². The van der Waals surface area contributed by atoms with Crippen molar-refractivity contribution in [3.05, 3.63) is 0 Å². The zero-order valence-corrected chi connectivity index (χ0v) is 14.0. The summed E-state index contributed by atoms with van der Waals surface area (Å²) >= 11 is 7.14. The fourth-order valence-electron chi connectivity index (χ4n) is 1.93. The summed E-state index contributed by atoms with van der Waals surface area (Å²) in [5.74, 6) is 0. The van der Waals surface area contributed by atoms with Crippen molar-refractivity contribution >= 4 is 31.9 Å². The van der Waals surface area contributed by atoms with Gasteiger partial charge in [-0.05, 0) is 6.42 Å². The van der Waals surface area contributed by atoms with E-state index >= 15 is 0 Å². The van der Waals surface area contributed by atoms with Gasteiger partial charge in [-0.2, -0.15) is 0 Å². The maximum Gasteiger partial charge on any atom is 0.0242 e. The van der Waals surface area contributed by atoms with Gasteiger partial charge in [0.1, 0.15) is 0 Å². The first-order valence-electron chi connectivity index (χ1n) is 7.01. The minimum atomic E-state index is 0.682. The molecule has 16 heavy (non-hydrogen) atoms. The molecule has 2 heteroatoms. The Morgan fingerprint density at radius 2 is 1.19 bits per heavy atom. The quantitative estimate of drug-likeness (QED) is 0.278. The van der Waals surface area contributed by atoms with Crippen molar-refractivity contribution in [3.63, 3.8) is 0 Å². The van der Waals surface area contributed by atoms with Crippen LogP contribution < -0.4 is 0 Å². The van der Waals surface area contributed by atoms with Crippen LogP contribution in [0.25, 0.3) is 0 Å². The topological polar surface area (TPSA) is 0 Å². The standard InChI is InChI=1S/C14H28Br2/c1-2-3-4-5-6-7-8-9-10-11-12-14(16)13-15/h14H,2-13H2,1H3/t14-/m1/s1. The maximum atomic E-state index is 3.65. The van der Waals surface area contributed by atoms with Gasteiger partial charge < -0.3 is 0 Å². The highest BCUT2D eigenvalue weighted by Gasteiger charge is 2.00. The molecule has 0 saturated carbocycles. The van der Waals surface area contributed by atoms with E-state index in [1.165, 1.54) is 70.6 Å².